The minimum absolute atomic E-state index is 0.201. The van der Waals surface area contributed by atoms with Gasteiger partial charge >= 0.3 is 0 Å². The van der Waals surface area contributed by atoms with Crippen molar-refractivity contribution in [2.45, 2.75) is 60.6 Å². The molecule has 254 valence electrons. The standard InChI is InChI=1S/C48H39NOS2/c1-2-10-31(11-3-1)35-14-8-15-38-39-16-9-17-42(48(39)52-47(35)38)49(34-25-26-44-40(29-34)36-12-4-6-18-43(36)50-44)33-23-20-30(21-24-33)32-22-27-46-41(28-32)37-13-5-7-19-45(37)51-46/h1-7,10-14,16,18-20,22-28,30,34,41,46H,8-9,15,17,21,29H2. The third-order valence-corrected chi connectivity index (χ3v) is 14.6. The van der Waals surface area contributed by atoms with Crippen molar-refractivity contribution < 1.29 is 4.42 Å². The number of para-hydroxylation sites is 1. The first-order chi connectivity index (χ1) is 25.8. The number of hydrogen-bond donors (Lipinski definition) is 0. The van der Waals surface area contributed by atoms with Gasteiger partial charge < -0.3 is 9.32 Å². The van der Waals surface area contributed by atoms with Gasteiger partial charge in [0.15, 0.2) is 0 Å². The fourth-order valence-corrected chi connectivity index (χ4v) is 12.2. The van der Waals surface area contributed by atoms with Crippen LogP contribution in [0.25, 0.3) is 34.4 Å². The molecular weight excluding hydrogens is 671 g/mol. The summed E-state index contributed by atoms with van der Waals surface area (Å²) in [5, 5.41) is 3.25. The molecule has 0 N–H and O–H groups in total. The largest absolute Gasteiger partial charge is 0.456 e. The summed E-state index contributed by atoms with van der Waals surface area (Å²) in [5.74, 6) is 1.87. The second-order valence-corrected chi connectivity index (χ2v) is 17.0. The molecular formula is C48H39NOS2. The Balaban J connectivity index is 0.999. The van der Waals surface area contributed by atoms with Gasteiger partial charge in [-0.25, -0.2) is 0 Å². The Morgan fingerprint density at radius 2 is 1.62 bits per heavy atom. The Bertz CT molecular complexity index is 2590. The van der Waals surface area contributed by atoms with Crippen molar-refractivity contribution in [2.24, 2.45) is 5.92 Å². The topological polar surface area (TPSA) is 16.4 Å². The normalized spacial score (nSPS) is 23.8. The summed E-state index contributed by atoms with van der Waals surface area (Å²) in [6.07, 6.45) is 30.8. The van der Waals surface area contributed by atoms with E-state index in [1.54, 1.807) is 5.56 Å². The maximum Gasteiger partial charge on any atom is 0.135 e. The number of hydrogen-bond acceptors (Lipinski definition) is 4. The zero-order chi connectivity index (χ0) is 34.2. The highest BCUT2D eigenvalue weighted by Crippen LogP contribution is 2.50. The van der Waals surface area contributed by atoms with Gasteiger partial charge in [-0.2, -0.15) is 0 Å². The predicted molar refractivity (Wildman–Crippen MR) is 218 cm³/mol. The molecule has 2 nitrogen and oxygen atoms in total. The van der Waals surface area contributed by atoms with E-state index >= 15 is 0 Å². The molecule has 2 aromatic heterocycles. The maximum absolute atomic E-state index is 6.34. The monoisotopic (exact) mass is 709 g/mol. The molecule has 3 heterocycles. The van der Waals surface area contributed by atoms with Gasteiger partial charge in [0.05, 0.1) is 10.6 Å². The van der Waals surface area contributed by atoms with E-state index in [1.807, 2.05) is 23.1 Å². The number of thiophene rings is 1. The Labute approximate surface area is 313 Å². The second-order valence-electron chi connectivity index (χ2n) is 14.8. The molecule has 0 fully saturated rings. The van der Waals surface area contributed by atoms with Crippen LogP contribution in [0.5, 0.6) is 0 Å². The van der Waals surface area contributed by atoms with Crippen molar-refractivity contribution in [2.75, 3.05) is 0 Å². The summed E-state index contributed by atoms with van der Waals surface area (Å²) >= 11 is 4.04. The third kappa shape index (κ3) is 4.98. The first-order valence-corrected chi connectivity index (χ1v) is 20.6. The molecule has 4 heteroatoms. The number of furan rings is 1. The van der Waals surface area contributed by atoms with Gasteiger partial charge in [0.25, 0.3) is 0 Å². The quantitative estimate of drug-likeness (QED) is 0.181. The fraction of sp³-hybridized carbons (Fsp3) is 0.208. The van der Waals surface area contributed by atoms with Gasteiger partial charge in [-0.05, 0) is 89.4 Å². The molecule has 4 atom stereocenters. The van der Waals surface area contributed by atoms with E-state index in [4.69, 9.17) is 4.42 Å². The van der Waals surface area contributed by atoms with Crippen LogP contribution < -0.4 is 9.75 Å². The molecule has 0 saturated heterocycles. The molecule has 0 bridgehead atoms. The zero-order valence-electron chi connectivity index (χ0n) is 29.0. The molecule has 0 saturated carbocycles. The van der Waals surface area contributed by atoms with Gasteiger partial charge in [-0.15, -0.1) is 23.1 Å². The van der Waals surface area contributed by atoms with E-state index in [0.717, 1.165) is 49.9 Å². The Morgan fingerprint density at radius 1 is 0.750 bits per heavy atom. The minimum atomic E-state index is 0.201. The van der Waals surface area contributed by atoms with Gasteiger partial charge in [-0.1, -0.05) is 115 Å². The lowest BCUT2D eigenvalue weighted by Crippen LogP contribution is -2.41. The summed E-state index contributed by atoms with van der Waals surface area (Å²) < 4.78 is 7.81. The Morgan fingerprint density at radius 3 is 2.54 bits per heavy atom. The van der Waals surface area contributed by atoms with Crippen LogP contribution in [0.3, 0.4) is 0 Å². The maximum atomic E-state index is 6.34. The lowest BCUT2D eigenvalue weighted by atomic mass is 9.82. The molecule has 4 unspecified atom stereocenters. The van der Waals surface area contributed by atoms with E-state index in [1.165, 1.54) is 64.1 Å². The molecule has 5 aromatic rings. The van der Waals surface area contributed by atoms with Crippen LogP contribution >= 0.6 is 23.1 Å². The molecule has 3 aromatic carbocycles. The highest BCUT2D eigenvalue weighted by atomic mass is 32.2. The molecule has 5 aliphatic carbocycles. The number of fused-ring (bicyclic) bond motifs is 9. The molecule has 0 amide bonds. The lowest BCUT2D eigenvalue weighted by molar-refractivity contribution is 0.398. The number of allylic oxidation sites excluding steroid dienone is 7. The van der Waals surface area contributed by atoms with Crippen molar-refractivity contribution in [3.05, 3.63) is 181 Å². The van der Waals surface area contributed by atoms with E-state index in [9.17, 15) is 0 Å². The molecule has 6 aliphatic rings. The van der Waals surface area contributed by atoms with Gasteiger partial charge in [0.2, 0.25) is 0 Å². The summed E-state index contributed by atoms with van der Waals surface area (Å²) in [5.41, 5.74) is 12.4. The first kappa shape index (κ1) is 30.8. The molecule has 0 radical (unpaired) electrons. The molecule has 0 spiro atoms. The average molecular weight is 710 g/mol. The van der Waals surface area contributed by atoms with E-state index in [-0.39, 0.29) is 6.04 Å². The highest BCUT2D eigenvalue weighted by Gasteiger charge is 2.34. The number of rotatable bonds is 5. The van der Waals surface area contributed by atoms with Crippen LogP contribution in [0, 0.1) is 5.92 Å². The minimum Gasteiger partial charge on any atom is -0.456 e. The number of nitrogens with zero attached hydrogens (tertiary/aromatic N) is 1. The van der Waals surface area contributed by atoms with Crippen LogP contribution in [-0.4, -0.2) is 16.2 Å². The van der Waals surface area contributed by atoms with E-state index < -0.39 is 0 Å². The highest BCUT2D eigenvalue weighted by molar-refractivity contribution is 8.00. The van der Waals surface area contributed by atoms with Gasteiger partial charge in [0.1, 0.15) is 11.3 Å². The second kappa shape index (κ2) is 12.4. The van der Waals surface area contributed by atoms with E-state index in [2.05, 4.69) is 145 Å². The molecule has 1 aliphatic heterocycles. The summed E-state index contributed by atoms with van der Waals surface area (Å²) in [7, 11) is 0. The van der Waals surface area contributed by atoms with Crippen LogP contribution in [-0.2, 0) is 12.8 Å². The van der Waals surface area contributed by atoms with Crippen molar-refractivity contribution in [3.8, 4) is 0 Å². The summed E-state index contributed by atoms with van der Waals surface area (Å²) in [4.78, 5) is 5.63. The van der Waals surface area contributed by atoms with Crippen LogP contribution in [0.1, 0.15) is 64.5 Å². The van der Waals surface area contributed by atoms with Gasteiger partial charge in [0, 0.05) is 55.6 Å². The predicted octanol–water partition coefficient (Wildman–Crippen LogP) is 10.7. The first-order valence-electron chi connectivity index (χ1n) is 18.9. The average Bonchev–Trinajstić information content (AvgIpc) is 3.90. The molecule has 11 rings (SSSR count). The van der Waals surface area contributed by atoms with Crippen molar-refractivity contribution >= 4 is 57.5 Å². The fourth-order valence-electron chi connectivity index (χ4n) is 9.41. The smallest absolute Gasteiger partial charge is 0.135 e. The number of thioether (sulfide) groups is 1. The van der Waals surface area contributed by atoms with Crippen molar-refractivity contribution in [1.29, 1.82) is 0 Å². The number of benzene rings is 3. The van der Waals surface area contributed by atoms with Crippen LogP contribution in [0.2, 0.25) is 0 Å². The zero-order valence-corrected chi connectivity index (χ0v) is 30.6. The van der Waals surface area contributed by atoms with Crippen LogP contribution in [0.15, 0.2) is 148 Å². The molecule has 52 heavy (non-hydrogen) atoms. The summed E-state index contributed by atoms with van der Waals surface area (Å²) in [6.45, 7) is 0. The van der Waals surface area contributed by atoms with Crippen LogP contribution in [0.4, 0.5) is 0 Å². The SMILES string of the molecule is C1=CC2Sc3ccccc3C2C=C1C1C=CC(N(C2=c3sc4c(c3=CCC2)CCC=C4c2ccccc2)C2C=Cc3oc4ccccc4c3C2)=CC1. The van der Waals surface area contributed by atoms with Gasteiger partial charge in [-0.3, -0.25) is 0 Å². The lowest BCUT2D eigenvalue weighted by Gasteiger charge is -2.38. The van der Waals surface area contributed by atoms with Crippen molar-refractivity contribution in [3.63, 3.8) is 0 Å². The summed E-state index contributed by atoms with van der Waals surface area (Å²) in [6, 6.07) is 28.7. The Kier molecular flexibility index (Phi) is 7.37. The Hall–Kier alpha value is -4.77. The van der Waals surface area contributed by atoms with E-state index in [0.29, 0.717) is 17.1 Å². The van der Waals surface area contributed by atoms with Crippen molar-refractivity contribution in [1.82, 2.24) is 4.90 Å². The third-order valence-electron chi connectivity index (χ3n) is 11.9.